The van der Waals surface area contributed by atoms with E-state index in [2.05, 4.69) is 4.98 Å². The molecule has 2 aromatic carbocycles. The maximum Gasteiger partial charge on any atom is 0.407 e. The number of rotatable bonds is 7. The lowest BCUT2D eigenvalue weighted by molar-refractivity contribution is -0.581. The Kier molecular flexibility index (Phi) is 6.46. The first kappa shape index (κ1) is 21.0. The normalized spacial score (nSPS) is 10.6. The van der Waals surface area contributed by atoms with Gasteiger partial charge in [0.2, 0.25) is 5.52 Å². The third kappa shape index (κ3) is 4.48. The van der Waals surface area contributed by atoms with E-state index in [-0.39, 0.29) is 30.1 Å². The molecule has 0 amide bonds. The van der Waals surface area contributed by atoms with Crippen molar-refractivity contribution in [3.8, 4) is 5.75 Å². The van der Waals surface area contributed by atoms with Crippen LogP contribution in [0, 0.1) is 12.1 Å². The Morgan fingerprint density at radius 2 is 1.73 bits per heavy atom. The monoisotopic (exact) mass is 410 g/mol. The standard InChI is InChI=1S/C22H22N2O6/c1-4-28-16-10-11-17-19(12-16)24(27)20(22(26)29-5-2)18(23-17)13-30-21(25)15-8-6-14(3)7-9-15/h6-12H,4-5,13H2,1-3H3. The van der Waals surface area contributed by atoms with Crippen LogP contribution >= 0.6 is 0 Å². The van der Waals surface area contributed by atoms with Crippen molar-refractivity contribution in [1.82, 2.24) is 4.98 Å². The topological polar surface area (TPSA) is 102 Å². The number of hydrogen-bond donors (Lipinski definition) is 0. The molecule has 0 atom stereocenters. The fourth-order valence-electron chi connectivity index (χ4n) is 2.86. The molecule has 1 heterocycles. The molecule has 0 saturated carbocycles. The second-order valence-electron chi connectivity index (χ2n) is 6.45. The lowest BCUT2D eigenvalue weighted by Crippen LogP contribution is -2.39. The van der Waals surface area contributed by atoms with E-state index in [1.54, 1.807) is 43.3 Å². The quantitative estimate of drug-likeness (QED) is 0.335. The van der Waals surface area contributed by atoms with E-state index in [0.29, 0.717) is 28.2 Å². The second-order valence-corrected chi connectivity index (χ2v) is 6.45. The minimum absolute atomic E-state index is 0.0144. The van der Waals surface area contributed by atoms with Crippen LogP contribution < -0.4 is 9.47 Å². The fraction of sp³-hybridized carbons (Fsp3) is 0.273. The molecule has 8 nitrogen and oxygen atoms in total. The number of ether oxygens (including phenoxy) is 3. The van der Waals surface area contributed by atoms with Crippen molar-refractivity contribution in [2.75, 3.05) is 13.2 Å². The smallest absolute Gasteiger partial charge is 0.407 e. The third-order valence-corrected chi connectivity index (χ3v) is 4.30. The summed E-state index contributed by atoms with van der Waals surface area (Å²) in [6, 6.07) is 11.6. The van der Waals surface area contributed by atoms with Gasteiger partial charge in [0.05, 0.1) is 24.8 Å². The lowest BCUT2D eigenvalue weighted by Gasteiger charge is -2.12. The fourth-order valence-corrected chi connectivity index (χ4v) is 2.86. The Balaban J connectivity index is 1.97. The number of aromatic nitrogens is 2. The largest absolute Gasteiger partial charge is 0.618 e. The summed E-state index contributed by atoms with van der Waals surface area (Å²) in [5, 5.41) is 13.0. The van der Waals surface area contributed by atoms with E-state index in [1.165, 1.54) is 6.07 Å². The highest BCUT2D eigenvalue weighted by Gasteiger charge is 2.28. The zero-order valence-corrected chi connectivity index (χ0v) is 17.0. The van der Waals surface area contributed by atoms with Crippen LogP contribution in [0.25, 0.3) is 11.0 Å². The van der Waals surface area contributed by atoms with Gasteiger partial charge in [-0.15, -0.1) is 0 Å². The van der Waals surface area contributed by atoms with Gasteiger partial charge in [0, 0.05) is 0 Å². The molecule has 8 heteroatoms. The highest BCUT2D eigenvalue weighted by Crippen LogP contribution is 2.20. The van der Waals surface area contributed by atoms with Crippen molar-refractivity contribution in [2.24, 2.45) is 0 Å². The Labute approximate surface area is 173 Å². The minimum atomic E-state index is -0.843. The van der Waals surface area contributed by atoms with Crippen LogP contribution in [0.4, 0.5) is 0 Å². The summed E-state index contributed by atoms with van der Waals surface area (Å²) >= 11 is 0. The lowest BCUT2D eigenvalue weighted by atomic mass is 10.1. The van der Waals surface area contributed by atoms with Crippen LogP contribution in [0.5, 0.6) is 5.75 Å². The van der Waals surface area contributed by atoms with Gasteiger partial charge in [-0.3, -0.25) is 0 Å². The van der Waals surface area contributed by atoms with Crippen molar-refractivity contribution in [1.29, 1.82) is 0 Å². The van der Waals surface area contributed by atoms with Gasteiger partial charge in [0.15, 0.2) is 5.69 Å². The maximum atomic E-state index is 13.0. The van der Waals surface area contributed by atoms with Crippen LogP contribution in [0.2, 0.25) is 0 Å². The summed E-state index contributed by atoms with van der Waals surface area (Å²) in [6.07, 6.45) is 0. The number of fused-ring (bicyclic) bond motifs is 1. The molecule has 1 aromatic heterocycles. The first-order valence-electron chi connectivity index (χ1n) is 9.54. The SMILES string of the molecule is CCOC(=O)c1c(COC(=O)c2ccc(C)cc2)nc2ccc(OCC)cc2[n+]1[O-]. The first-order chi connectivity index (χ1) is 14.4. The summed E-state index contributed by atoms with van der Waals surface area (Å²) in [5.41, 5.74) is 1.54. The molecule has 0 radical (unpaired) electrons. The Hall–Kier alpha value is -3.68. The average Bonchev–Trinajstić information content (AvgIpc) is 2.73. The molecular formula is C22H22N2O6. The molecule has 30 heavy (non-hydrogen) atoms. The number of aryl methyl sites for hydroxylation is 1. The molecule has 0 aliphatic carbocycles. The molecule has 0 unspecified atom stereocenters. The molecule has 0 spiro atoms. The van der Waals surface area contributed by atoms with E-state index in [9.17, 15) is 14.8 Å². The summed E-state index contributed by atoms with van der Waals surface area (Å²) in [5.74, 6) is -0.953. The molecule has 0 bridgehead atoms. The number of benzene rings is 2. The molecule has 3 aromatic rings. The third-order valence-electron chi connectivity index (χ3n) is 4.30. The van der Waals surface area contributed by atoms with Crippen molar-refractivity contribution in [2.45, 2.75) is 27.4 Å². The van der Waals surface area contributed by atoms with Gasteiger partial charge in [-0.25, -0.2) is 14.6 Å². The van der Waals surface area contributed by atoms with Gasteiger partial charge in [-0.2, -0.15) is 4.73 Å². The van der Waals surface area contributed by atoms with E-state index in [1.807, 2.05) is 13.8 Å². The van der Waals surface area contributed by atoms with Gasteiger partial charge in [-0.1, -0.05) is 17.7 Å². The number of carbonyl (C=O) groups excluding carboxylic acids is 2. The number of carbonyl (C=O) groups is 2. The van der Waals surface area contributed by atoms with Crippen LogP contribution in [-0.4, -0.2) is 30.1 Å². The van der Waals surface area contributed by atoms with Crippen LogP contribution in [-0.2, 0) is 16.1 Å². The van der Waals surface area contributed by atoms with Gasteiger partial charge >= 0.3 is 17.6 Å². The number of nitrogens with zero attached hydrogens (tertiary/aromatic N) is 2. The van der Waals surface area contributed by atoms with E-state index in [4.69, 9.17) is 14.2 Å². The van der Waals surface area contributed by atoms with Crippen LogP contribution in [0.15, 0.2) is 42.5 Å². The molecule has 3 rings (SSSR count). The van der Waals surface area contributed by atoms with Gasteiger partial charge in [-0.05, 0) is 45.0 Å². The highest BCUT2D eigenvalue weighted by atomic mass is 16.5. The molecule has 0 aliphatic heterocycles. The van der Waals surface area contributed by atoms with Crippen molar-refractivity contribution < 1.29 is 28.5 Å². The van der Waals surface area contributed by atoms with Crippen molar-refractivity contribution in [3.05, 3.63) is 70.2 Å². The summed E-state index contributed by atoms with van der Waals surface area (Å²) in [6.45, 7) is 5.51. The maximum absolute atomic E-state index is 13.0. The van der Waals surface area contributed by atoms with Crippen LogP contribution in [0.1, 0.15) is 46.0 Å². The summed E-state index contributed by atoms with van der Waals surface area (Å²) in [7, 11) is 0. The number of esters is 2. The Morgan fingerprint density at radius 3 is 2.40 bits per heavy atom. The zero-order valence-electron chi connectivity index (χ0n) is 17.0. The minimum Gasteiger partial charge on any atom is -0.618 e. The molecule has 0 saturated heterocycles. The molecule has 0 fully saturated rings. The van der Waals surface area contributed by atoms with Gasteiger partial charge < -0.3 is 19.4 Å². The predicted molar refractivity (Wildman–Crippen MR) is 108 cm³/mol. The molecule has 0 N–H and O–H groups in total. The summed E-state index contributed by atoms with van der Waals surface area (Å²) < 4.78 is 16.2. The number of hydrogen-bond acceptors (Lipinski definition) is 7. The zero-order chi connectivity index (χ0) is 21.7. The van der Waals surface area contributed by atoms with E-state index >= 15 is 0 Å². The Bertz CT molecular complexity index is 1080. The van der Waals surface area contributed by atoms with Gasteiger partial charge in [0.1, 0.15) is 17.9 Å². The van der Waals surface area contributed by atoms with Gasteiger partial charge in [0.25, 0.3) is 0 Å². The predicted octanol–water partition coefficient (Wildman–Crippen LogP) is 3.11. The first-order valence-corrected chi connectivity index (χ1v) is 9.54. The van der Waals surface area contributed by atoms with E-state index in [0.717, 1.165) is 5.56 Å². The van der Waals surface area contributed by atoms with E-state index < -0.39 is 11.9 Å². The molecular weight excluding hydrogens is 388 g/mol. The molecule has 156 valence electrons. The van der Waals surface area contributed by atoms with Crippen LogP contribution in [0.3, 0.4) is 0 Å². The molecule has 0 aliphatic rings. The average molecular weight is 410 g/mol. The Morgan fingerprint density at radius 1 is 1.00 bits per heavy atom. The summed E-state index contributed by atoms with van der Waals surface area (Å²) in [4.78, 5) is 29.1. The second kappa shape index (κ2) is 9.21. The van der Waals surface area contributed by atoms with Crippen molar-refractivity contribution in [3.63, 3.8) is 0 Å². The highest BCUT2D eigenvalue weighted by molar-refractivity contribution is 5.90. The van der Waals surface area contributed by atoms with Crippen molar-refractivity contribution >= 4 is 23.0 Å².